The van der Waals surface area contributed by atoms with E-state index >= 15 is 0 Å². The van der Waals surface area contributed by atoms with Crippen molar-refractivity contribution in [3.8, 4) is 11.4 Å². The lowest BCUT2D eigenvalue weighted by Gasteiger charge is -1.91. The summed E-state index contributed by atoms with van der Waals surface area (Å²) in [6.07, 6.45) is 0. The molecule has 2 N–H and O–H groups in total. The fourth-order valence-corrected chi connectivity index (χ4v) is 1.34. The Labute approximate surface area is 85.5 Å². The Kier molecular flexibility index (Phi) is 2.03. The number of carbonyl (C=O) groups is 1. The first-order valence-corrected chi connectivity index (χ1v) is 4.37. The van der Waals surface area contributed by atoms with Crippen molar-refractivity contribution in [1.82, 2.24) is 20.0 Å². The predicted molar refractivity (Wildman–Crippen MR) is 52.5 cm³/mol. The van der Waals surface area contributed by atoms with Crippen LogP contribution in [-0.4, -0.2) is 31.1 Å². The van der Waals surface area contributed by atoms with Gasteiger partial charge in [0.15, 0.2) is 0 Å². The van der Waals surface area contributed by atoms with E-state index < -0.39 is 5.97 Å². The molecule has 0 bridgehead atoms. The third kappa shape index (κ3) is 1.61. The van der Waals surface area contributed by atoms with Crippen molar-refractivity contribution < 1.29 is 9.90 Å². The van der Waals surface area contributed by atoms with Crippen molar-refractivity contribution in [2.45, 2.75) is 6.92 Å². The van der Waals surface area contributed by atoms with Crippen LogP contribution in [0.3, 0.4) is 0 Å². The molecule has 0 amide bonds. The Hall–Kier alpha value is -2.11. The van der Waals surface area contributed by atoms with Crippen LogP contribution in [0, 0.1) is 6.92 Å². The number of nitrogens with one attached hydrogen (secondary N) is 1. The monoisotopic (exact) mass is 206 g/mol. The Balaban J connectivity index is 2.46. The lowest BCUT2D eigenvalue weighted by Crippen LogP contribution is -2.04. The van der Waals surface area contributed by atoms with E-state index in [1.165, 1.54) is 10.7 Å². The molecule has 0 spiro atoms. The van der Waals surface area contributed by atoms with E-state index in [0.717, 1.165) is 5.69 Å². The minimum atomic E-state index is -0.997. The molecule has 0 aliphatic carbocycles. The van der Waals surface area contributed by atoms with Crippen molar-refractivity contribution >= 4 is 5.97 Å². The van der Waals surface area contributed by atoms with Crippen molar-refractivity contribution in [1.29, 1.82) is 0 Å². The molecular formula is C9H10N4O2. The second-order valence-electron chi connectivity index (χ2n) is 3.28. The minimum absolute atomic E-state index is 0.144. The van der Waals surface area contributed by atoms with Gasteiger partial charge in [-0.25, -0.2) is 4.79 Å². The lowest BCUT2D eigenvalue weighted by molar-refractivity contribution is 0.0685. The van der Waals surface area contributed by atoms with Crippen LogP contribution in [0.5, 0.6) is 0 Å². The summed E-state index contributed by atoms with van der Waals surface area (Å²) >= 11 is 0. The maximum Gasteiger partial charge on any atom is 0.354 e. The standard InChI is InChI=1S/C9H10N4O2/c1-5-3-6(11-10-5)7-4-8(9(14)15)13(2)12-7/h3-4H,1-2H3,(H,10,11)(H,14,15). The lowest BCUT2D eigenvalue weighted by atomic mass is 10.2. The number of carboxylic acid groups (broad SMARTS) is 1. The molecule has 0 radical (unpaired) electrons. The first kappa shape index (κ1) is 9.45. The molecule has 0 aromatic carbocycles. The van der Waals surface area contributed by atoms with Gasteiger partial charge in [0.25, 0.3) is 0 Å². The largest absolute Gasteiger partial charge is 0.477 e. The maximum atomic E-state index is 10.8. The Morgan fingerprint density at radius 2 is 2.20 bits per heavy atom. The van der Waals surface area contributed by atoms with E-state index in [1.54, 1.807) is 7.05 Å². The molecule has 2 rings (SSSR count). The van der Waals surface area contributed by atoms with Gasteiger partial charge in [0, 0.05) is 18.8 Å². The summed E-state index contributed by atoms with van der Waals surface area (Å²) in [5.41, 5.74) is 2.26. The topological polar surface area (TPSA) is 83.8 Å². The molecule has 0 unspecified atom stereocenters. The highest BCUT2D eigenvalue weighted by molar-refractivity contribution is 5.87. The van der Waals surface area contributed by atoms with Gasteiger partial charge in [-0.1, -0.05) is 0 Å². The summed E-state index contributed by atoms with van der Waals surface area (Å²) in [6, 6.07) is 3.31. The number of aromatic nitrogens is 4. The molecule has 0 fully saturated rings. The first-order valence-electron chi connectivity index (χ1n) is 4.37. The molecule has 0 saturated heterocycles. The third-order valence-electron chi connectivity index (χ3n) is 2.07. The molecule has 0 aliphatic rings. The fraction of sp³-hybridized carbons (Fsp3) is 0.222. The van der Waals surface area contributed by atoms with Crippen molar-refractivity contribution in [2.75, 3.05) is 0 Å². The molecule has 2 aromatic heterocycles. The number of rotatable bonds is 2. The van der Waals surface area contributed by atoms with Crippen LogP contribution < -0.4 is 0 Å². The molecule has 2 aromatic rings. The smallest absolute Gasteiger partial charge is 0.354 e. The van der Waals surface area contributed by atoms with E-state index in [9.17, 15) is 4.79 Å². The molecule has 6 nitrogen and oxygen atoms in total. The van der Waals surface area contributed by atoms with Crippen LogP contribution in [0.4, 0.5) is 0 Å². The molecule has 78 valence electrons. The maximum absolute atomic E-state index is 10.8. The van der Waals surface area contributed by atoms with Crippen LogP contribution in [0.25, 0.3) is 11.4 Å². The van der Waals surface area contributed by atoms with Gasteiger partial charge in [-0.15, -0.1) is 0 Å². The number of aromatic carboxylic acids is 1. The van der Waals surface area contributed by atoms with Crippen LogP contribution in [0.2, 0.25) is 0 Å². The highest BCUT2D eigenvalue weighted by atomic mass is 16.4. The second kappa shape index (κ2) is 3.23. The number of aromatic amines is 1. The summed E-state index contributed by atoms with van der Waals surface area (Å²) < 4.78 is 1.32. The first-order chi connectivity index (χ1) is 7.08. The highest BCUT2D eigenvalue weighted by Gasteiger charge is 2.14. The summed E-state index contributed by atoms with van der Waals surface area (Å²) in [7, 11) is 1.59. The van der Waals surface area contributed by atoms with Gasteiger partial charge in [-0.2, -0.15) is 10.2 Å². The average Bonchev–Trinajstić information content (AvgIpc) is 2.71. The van der Waals surface area contributed by atoms with Gasteiger partial charge in [-0.3, -0.25) is 9.78 Å². The Bertz CT molecular complexity index is 512. The molecule has 0 saturated carbocycles. The number of H-pyrrole nitrogens is 1. The normalized spacial score (nSPS) is 10.5. The SMILES string of the molecule is Cc1cc(-c2cc(C(=O)O)n(C)n2)n[nH]1. The predicted octanol–water partition coefficient (Wildman–Crippen LogP) is 0.817. The Morgan fingerprint density at radius 1 is 1.47 bits per heavy atom. The number of hydrogen-bond donors (Lipinski definition) is 2. The zero-order valence-electron chi connectivity index (χ0n) is 8.35. The Morgan fingerprint density at radius 3 is 2.67 bits per heavy atom. The highest BCUT2D eigenvalue weighted by Crippen LogP contribution is 2.16. The van der Waals surface area contributed by atoms with Crippen molar-refractivity contribution in [2.24, 2.45) is 7.05 Å². The van der Waals surface area contributed by atoms with E-state index in [-0.39, 0.29) is 5.69 Å². The van der Waals surface area contributed by atoms with Gasteiger partial charge >= 0.3 is 5.97 Å². The van der Waals surface area contributed by atoms with Gasteiger partial charge in [0.1, 0.15) is 17.1 Å². The van der Waals surface area contributed by atoms with Gasteiger partial charge in [0.05, 0.1) is 0 Å². The summed E-state index contributed by atoms with van der Waals surface area (Å²) in [6.45, 7) is 1.87. The molecule has 2 heterocycles. The molecular weight excluding hydrogens is 196 g/mol. The van der Waals surface area contributed by atoms with Crippen LogP contribution in [0.15, 0.2) is 12.1 Å². The van der Waals surface area contributed by atoms with E-state index in [0.29, 0.717) is 11.4 Å². The van der Waals surface area contributed by atoms with Gasteiger partial charge < -0.3 is 5.11 Å². The van der Waals surface area contributed by atoms with E-state index in [4.69, 9.17) is 5.11 Å². The summed E-state index contributed by atoms with van der Waals surface area (Å²) in [5, 5.41) is 19.7. The fourth-order valence-electron chi connectivity index (χ4n) is 1.34. The van der Waals surface area contributed by atoms with Gasteiger partial charge in [-0.05, 0) is 13.0 Å². The number of carboxylic acids is 1. The minimum Gasteiger partial charge on any atom is -0.477 e. The molecule has 0 atom stereocenters. The number of nitrogens with zero attached hydrogens (tertiary/aromatic N) is 3. The molecule has 15 heavy (non-hydrogen) atoms. The van der Waals surface area contributed by atoms with Crippen LogP contribution in [0.1, 0.15) is 16.2 Å². The molecule has 6 heteroatoms. The second-order valence-corrected chi connectivity index (χ2v) is 3.28. The summed E-state index contributed by atoms with van der Waals surface area (Å²) in [4.78, 5) is 10.8. The summed E-state index contributed by atoms with van der Waals surface area (Å²) in [5.74, 6) is -0.997. The molecule has 0 aliphatic heterocycles. The van der Waals surface area contributed by atoms with E-state index in [1.807, 2.05) is 13.0 Å². The van der Waals surface area contributed by atoms with Gasteiger partial charge in [0.2, 0.25) is 0 Å². The quantitative estimate of drug-likeness (QED) is 0.761. The number of aryl methyl sites for hydroxylation is 2. The van der Waals surface area contributed by atoms with Crippen molar-refractivity contribution in [3.63, 3.8) is 0 Å². The zero-order chi connectivity index (χ0) is 11.0. The van der Waals surface area contributed by atoms with Crippen molar-refractivity contribution in [3.05, 3.63) is 23.5 Å². The average molecular weight is 206 g/mol. The van der Waals surface area contributed by atoms with Crippen LogP contribution in [-0.2, 0) is 7.05 Å². The number of hydrogen-bond acceptors (Lipinski definition) is 3. The van der Waals surface area contributed by atoms with Crippen LogP contribution >= 0.6 is 0 Å². The third-order valence-corrected chi connectivity index (χ3v) is 2.07. The zero-order valence-corrected chi connectivity index (χ0v) is 8.35. The van der Waals surface area contributed by atoms with E-state index in [2.05, 4.69) is 15.3 Å².